The average molecular weight is 286 g/mol. The summed E-state index contributed by atoms with van der Waals surface area (Å²) in [6, 6.07) is 5.16. The summed E-state index contributed by atoms with van der Waals surface area (Å²) in [6.45, 7) is 5.99. The van der Waals surface area contributed by atoms with Gasteiger partial charge in [0.25, 0.3) is 0 Å². The summed E-state index contributed by atoms with van der Waals surface area (Å²) in [5, 5.41) is 4.02. The van der Waals surface area contributed by atoms with Crippen LogP contribution >= 0.6 is 23.2 Å². The van der Waals surface area contributed by atoms with Gasteiger partial charge in [0.2, 0.25) is 5.91 Å². The normalized spacial score (nSPS) is 11.8. The maximum absolute atomic E-state index is 11.7. The fourth-order valence-electron chi connectivity index (χ4n) is 1.27. The molecule has 0 spiro atoms. The number of halogens is 2. The third kappa shape index (κ3) is 4.71. The zero-order valence-corrected chi connectivity index (χ0v) is 12.3. The molecule has 0 aliphatic heterocycles. The highest BCUT2D eigenvalue weighted by molar-refractivity contribution is 6.35. The summed E-state index contributed by atoms with van der Waals surface area (Å²) in [4.78, 5) is 11.7. The third-order valence-electron chi connectivity index (χ3n) is 2.72. The maximum atomic E-state index is 11.7. The van der Waals surface area contributed by atoms with Crippen LogP contribution in [0.2, 0.25) is 10.0 Å². The summed E-state index contributed by atoms with van der Waals surface area (Å²) >= 11 is 11.8. The maximum Gasteiger partial charge on any atom is 0.244 e. The highest BCUT2D eigenvalue weighted by atomic mass is 35.5. The van der Waals surface area contributed by atoms with Crippen LogP contribution in [0.1, 0.15) is 32.8 Å². The van der Waals surface area contributed by atoms with Crippen molar-refractivity contribution in [2.45, 2.75) is 32.7 Å². The lowest BCUT2D eigenvalue weighted by molar-refractivity contribution is -0.117. The molecule has 1 amide bonds. The molecule has 98 valence electrons. The topological polar surface area (TPSA) is 29.1 Å². The Kier molecular flexibility index (Phi) is 5.24. The van der Waals surface area contributed by atoms with Crippen molar-refractivity contribution < 1.29 is 4.79 Å². The van der Waals surface area contributed by atoms with E-state index in [0.717, 1.165) is 12.0 Å². The van der Waals surface area contributed by atoms with Crippen LogP contribution in [-0.4, -0.2) is 11.4 Å². The zero-order chi connectivity index (χ0) is 13.8. The van der Waals surface area contributed by atoms with E-state index in [9.17, 15) is 4.79 Å². The smallest absolute Gasteiger partial charge is 0.244 e. The molecule has 1 aromatic carbocycles. The fraction of sp³-hybridized carbons (Fsp3) is 0.357. The van der Waals surface area contributed by atoms with Crippen LogP contribution in [0.5, 0.6) is 0 Å². The molecule has 2 nitrogen and oxygen atoms in total. The lowest BCUT2D eigenvalue weighted by Crippen LogP contribution is -2.41. The number of nitrogens with one attached hydrogen (secondary N) is 1. The Labute approximate surface area is 118 Å². The molecule has 1 N–H and O–H groups in total. The van der Waals surface area contributed by atoms with Crippen molar-refractivity contribution in [2.75, 3.05) is 0 Å². The average Bonchev–Trinajstić information content (AvgIpc) is 2.27. The molecule has 0 aliphatic carbocycles. The number of hydrogen-bond acceptors (Lipinski definition) is 1. The van der Waals surface area contributed by atoms with Crippen LogP contribution < -0.4 is 5.32 Å². The van der Waals surface area contributed by atoms with Gasteiger partial charge >= 0.3 is 0 Å². The second-order valence-corrected chi connectivity index (χ2v) is 5.57. The van der Waals surface area contributed by atoms with E-state index in [1.54, 1.807) is 24.3 Å². The molecule has 0 bridgehead atoms. The van der Waals surface area contributed by atoms with Crippen LogP contribution in [0.25, 0.3) is 6.08 Å². The van der Waals surface area contributed by atoms with Crippen LogP contribution in [-0.2, 0) is 4.79 Å². The summed E-state index contributed by atoms with van der Waals surface area (Å²) in [5.74, 6) is -0.132. The predicted octanol–water partition coefficient (Wildman–Crippen LogP) is 4.31. The SMILES string of the molecule is CCC(C)(C)NC(=O)/C=C/c1ccc(Cl)cc1Cl. The minimum atomic E-state index is -0.203. The molecule has 0 radical (unpaired) electrons. The van der Waals surface area contributed by atoms with Crippen molar-refractivity contribution in [1.82, 2.24) is 5.32 Å². The van der Waals surface area contributed by atoms with Gasteiger partial charge in [0.15, 0.2) is 0 Å². The van der Waals surface area contributed by atoms with Gasteiger partial charge < -0.3 is 5.32 Å². The second kappa shape index (κ2) is 6.26. The number of carbonyl (C=O) groups is 1. The number of amides is 1. The van der Waals surface area contributed by atoms with E-state index in [1.165, 1.54) is 6.08 Å². The van der Waals surface area contributed by atoms with Crippen molar-refractivity contribution in [2.24, 2.45) is 0 Å². The minimum absolute atomic E-state index is 0.132. The molecule has 1 rings (SSSR count). The van der Waals surface area contributed by atoms with Crippen LogP contribution in [0.15, 0.2) is 24.3 Å². The number of rotatable bonds is 4. The first kappa shape index (κ1) is 15.1. The van der Waals surface area contributed by atoms with Crippen molar-refractivity contribution in [3.63, 3.8) is 0 Å². The number of benzene rings is 1. The quantitative estimate of drug-likeness (QED) is 0.821. The van der Waals surface area contributed by atoms with Gasteiger partial charge in [0.05, 0.1) is 0 Å². The van der Waals surface area contributed by atoms with E-state index in [2.05, 4.69) is 5.32 Å². The monoisotopic (exact) mass is 285 g/mol. The first-order valence-corrected chi connectivity index (χ1v) is 6.55. The van der Waals surface area contributed by atoms with E-state index >= 15 is 0 Å². The summed E-state index contributed by atoms with van der Waals surface area (Å²) in [5.41, 5.74) is 0.566. The molecule has 0 heterocycles. The molecule has 0 atom stereocenters. The van der Waals surface area contributed by atoms with Gasteiger partial charge in [-0.05, 0) is 44.0 Å². The lowest BCUT2D eigenvalue weighted by atomic mass is 10.0. The molecular formula is C14H17Cl2NO. The third-order valence-corrected chi connectivity index (χ3v) is 3.28. The van der Waals surface area contributed by atoms with Gasteiger partial charge in [0.1, 0.15) is 0 Å². The molecule has 1 aromatic rings. The van der Waals surface area contributed by atoms with Crippen molar-refractivity contribution >= 4 is 35.2 Å². The molecule has 4 heteroatoms. The molecule has 0 aliphatic rings. The number of carbonyl (C=O) groups excluding carboxylic acids is 1. The fourth-order valence-corrected chi connectivity index (χ4v) is 1.74. The summed E-state index contributed by atoms with van der Waals surface area (Å²) < 4.78 is 0. The van der Waals surface area contributed by atoms with Gasteiger partial charge in [-0.25, -0.2) is 0 Å². The Bertz CT molecular complexity index is 467. The van der Waals surface area contributed by atoms with Gasteiger partial charge in [-0.2, -0.15) is 0 Å². The predicted molar refractivity (Wildman–Crippen MR) is 78.0 cm³/mol. The first-order chi connectivity index (χ1) is 8.34. The molecular weight excluding hydrogens is 269 g/mol. The van der Waals surface area contributed by atoms with E-state index in [1.807, 2.05) is 20.8 Å². The Hall–Kier alpha value is -0.990. The van der Waals surface area contributed by atoms with Crippen molar-refractivity contribution in [1.29, 1.82) is 0 Å². The zero-order valence-electron chi connectivity index (χ0n) is 10.8. The molecule has 0 saturated heterocycles. The largest absolute Gasteiger partial charge is 0.348 e. The standard InChI is InChI=1S/C14H17Cl2NO/c1-4-14(2,3)17-13(18)8-6-10-5-7-11(15)9-12(10)16/h5-9H,4H2,1-3H3,(H,17,18)/b8-6+. The van der Waals surface area contributed by atoms with Crippen molar-refractivity contribution in [3.8, 4) is 0 Å². The number of hydrogen-bond donors (Lipinski definition) is 1. The van der Waals surface area contributed by atoms with E-state index in [-0.39, 0.29) is 11.4 Å². The Morgan fingerprint density at radius 1 is 1.39 bits per heavy atom. The summed E-state index contributed by atoms with van der Waals surface area (Å²) in [7, 11) is 0. The summed E-state index contributed by atoms with van der Waals surface area (Å²) in [6.07, 6.45) is 4.03. The molecule has 0 aromatic heterocycles. The highest BCUT2D eigenvalue weighted by Crippen LogP contribution is 2.21. The minimum Gasteiger partial charge on any atom is -0.348 e. The Balaban J connectivity index is 2.72. The molecule has 0 unspecified atom stereocenters. The van der Waals surface area contributed by atoms with Crippen LogP contribution in [0, 0.1) is 0 Å². The van der Waals surface area contributed by atoms with E-state index in [4.69, 9.17) is 23.2 Å². The van der Waals surface area contributed by atoms with Crippen LogP contribution in [0.4, 0.5) is 0 Å². The van der Waals surface area contributed by atoms with E-state index in [0.29, 0.717) is 10.0 Å². The van der Waals surface area contributed by atoms with Gasteiger partial charge in [0, 0.05) is 21.7 Å². The lowest BCUT2D eigenvalue weighted by Gasteiger charge is -2.23. The Morgan fingerprint density at radius 2 is 2.06 bits per heavy atom. The molecule has 0 saturated carbocycles. The van der Waals surface area contributed by atoms with Gasteiger partial charge in [-0.1, -0.05) is 36.2 Å². The first-order valence-electron chi connectivity index (χ1n) is 5.79. The molecule has 0 fully saturated rings. The van der Waals surface area contributed by atoms with Crippen LogP contribution in [0.3, 0.4) is 0 Å². The molecule has 18 heavy (non-hydrogen) atoms. The van der Waals surface area contributed by atoms with Gasteiger partial charge in [-0.15, -0.1) is 0 Å². The van der Waals surface area contributed by atoms with E-state index < -0.39 is 0 Å². The highest BCUT2D eigenvalue weighted by Gasteiger charge is 2.15. The Morgan fingerprint density at radius 3 is 2.61 bits per heavy atom. The van der Waals surface area contributed by atoms with Crippen molar-refractivity contribution in [3.05, 3.63) is 39.9 Å². The van der Waals surface area contributed by atoms with Gasteiger partial charge in [-0.3, -0.25) is 4.79 Å². The second-order valence-electron chi connectivity index (χ2n) is 4.73.